The first-order chi connectivity index (χ1) is 6.35. The number of fused-ring (bicyclic) bond motifs is 1. The summed E-state index contributed by atoms with van der Waals surface area (Å²) in [4.78, 5) is 2.56. The SMILES string of the molecule is CN1C(C)(C)[C@@H]2C(CNP)[C@@H]2C1(C)C. The molecule has 2 unspecified atom stereocenters. The second kappa shape index (κ2) is 2.93. The van der Waals surface area contributed by atoms with E-state index < -0.39 is 0 Å². The molecule has 1 N–H and O–H groups in total. The Morgan fingerprint density at radius 2 is 1.57 bits per heavy atom. The molecular weight excluding hydrogens is 191 g/mol. The van der Waals surface area contributed by atoms with E-state index in [4.69, 9.17) is 0 Å². The van der Waals surface area contributed by atoms with Gasteiger partial charge in [-0.2, -0.15) is 0 Å². The highest BCUT2D eigenvalue weighted by molar-refractivity contribution is 7.13. The smallest absolute Gasteiger partial charge is 0.0190 e. The highest BCUT2D eigenvalue weighted by Crippen LogP contribution is 2.66. The van der Waals surface area contributed by atoms with Crippen LogP contribution in [0.3, 0.4) is 0 Å². The Morgan fingerprint density at radius 3 is 1.93 bits per heavy atom. The summed E-state index contributed by atoms with van der Waals surface area (Å²) in [6.45, 7) is 10.7. The van der Waals surface area contributed by atoms with Gasteiger partial charge >= 0.3 is 0 Å². The summed E-state index contributed by atoms with van der Waals surface area (Å²) in [5.74, 6) is 2.65. The van der Waals surface area contributed by atoms with Gasteiger partial charge in [0, 0.05) is 17.6 Å². The molecular formula is C11H23N2P. The Morgan fingerprint density at radius 1 is 1.14 bits per heavy atom. The molecule has 0 aromatic rings. The van der Waals surface area contributed by atoms with Crippen molar-refractivity contribution in [3.8, 4) is 0 Å². The van der Waals surface area contributed by atoms with E-state index in [2.05, 4.69) is 54.1 Å². The maximum Gasteiger partial charge on any atom is 0.0190 e. The number of piperidine rings is 1. The van der Waals surface area contributed by atoms with Crippen LogP contribution in [0.1, 0.15) is 27.7 Å². The van der Waals surface area contributed by atoms with Crippen molar-refractivity contribution in [2.75, 3.05) is 13.6 Å². The van der Waals surface area contributed by atoms with Crippen molar-refractivity contribution in [2.45, 2.75) is 38.8 Å². The Bertz CT molecular complexity index is 228. The van der Waals surface area contributed by atoms with Crippen molar-refractivity contribution < 1.29 is 0 Å². The minimum absolute atomic E-state index is 0.375. The average Bonchev–Trinajstić information content (AvgIpc) is 2.75. The maximum atomic E-state index is 3.25. The molecule has 2 fully saturated rings. The van der Waals surface area contributed by atoms with Crippen molar-refractivity contribution in [3.63, 3.8) is 0 Å². The van der Waals surface area contributed by atoms with Gasteiger partial charge in [0.2, 0.25) is 0 Å². The number of nitrogens with zero attached hydrogens (tertiary/aromatic N) is 1. The standard InChI is InChI=1S/C11H23N2P/c1-10(2)8-7(6-12-14)9(8)11(3,4)13(10)5/h7-9,12H,6,14H2,1-5H3/t7?,8-,9+. The third-order valence-electron chi connectivity index (χ3n) is 4.88. The van der Waals surface area contributed by atoms with Gasteiger partial charge < -0.3 is 5.09 Å². The number of hydrogen-bond acceptors (Lipinski definition) is 2. The molecule has 0 aromatic heterocycles. The van der Waals surface area contributed by atoms with Crippen LogP contribution in [0, 0.1) is 17.8 Å². The zero-order valence-electron chi connectivity index (χ0n) is 9.96. The summed E-state index contributed by atoms with van der Waals surface area (Å²) in [7, 11) is 4.90. The van der Waals surface area contributed by atoms with E-state index in [1.54, 1.807) is 0 Å². The third kappa shape index (κ3) is 1.14. The van der Waals surface area contributed by atoms with Crippen molar-refractivity contribution in [2.24, 2.45) is 17.8 Å². The Kier molecular flexibility index (Phi) is 2.27. The molecule has 2 rings (SSSR count). The van der Waals surface area contributed by atoms with E-state index in [0.29, 0.717) is 11.1 Å². The van der Waals surface area contributed by atoms with Crippen LogP contribution in [0.25, 0.3) is 0 Å². The summed E-state index contributed by atoms with van der Waals surface area (Å²) in [5, 5.41) is 3.25. The molecule has 0 aromatic carbocycles. The molecule has 1 saturated carbocycles. The molecule has 0 radical (unpaired) electrons. The third-order valence-corrected chi connectivity index (χ3v) is 5.12. The van der Waals surface area contributed by atoms with Gasteiger partial charge in [-0.15, -0.1) is 0 Å². The largest absolute Gasteiger partial charge is 0.300 e. The van der Waals surface area contributed by atoms with E-state index in [9.17, 15) is 0 Å². The van der Waals surface area contributed by atoms with Crippen LogP contribution in [-0.2, 0) is 0 Å². The molecule has 82 valence electrons. The van der Waals surface area contributed by atoms with E-state index in [0.717, 1.165) is 24.3 Å². The lowest BCUT2D eigenvalue weighted by Crippen LogP contribution is -2.51. The van der Waals surface area contributed by atoms with Crippen LogP contribution in [-0.4, -0.2) is 29.6 Å². The van der Waals surface area contributed by atoms with Gasteiger partial charge in [0.05, 0.1) is 0 Å². The number of hydrogen-bond donors (Lipinski definition) is 1. The first kappa shape index (κ1) is 10.9. The number of nitrogens with one attached hydrogen (secondary N) is 1. The Balaban J connectivity index is 2.21. The molecule has 1 aliphatic heterocycles. The van der Waals surface area contributed by atoms with E-state index in [1.807, 2.05) is 0 Å². The number of rotatable bonds is 2. The topological polar surface area (TPSA) is 15.3 Å². The lowest BCUT2D eigenvalue weighted by molar-refractivity contribution is 0.0623. The maximum absolute atomic E-state index is 3.25. The van der Waals surface area contributed by atoms with Crippen molar-refractivity contribution in [1.82, 2.24) is 9.99 Å². The van der Waals surface area contributed by atoms with Crippen molar-refractivity contribution in [3.05, 3.63) is 0 Å². The summed E-state index contributed by atoms with van der Waals surface area (Å²) >= 11 is 0. The van der Waals surface area contributed by atoms with Gasteiger partial charge in [0.1, 0.15) is 0 Å². The van der Waals surface area contributed by atoms with Gasteiger partial charge in [0.15, 0.2) is 0 Å². The van der Waals surface area contributed by atoms with Crippen molar-refractivity contribution >= 4 is 9.39 Å². The van der Waals surface area contributed by atoms with Gasteiger partial charge in [-0.3, -0.25) is 4.90 Å². The Hall–Kier alpha value is 0.350. The molecule has 4 atom stereocenters. The zero-order chi connectivity index (χ0) is 10.7. The summed E-state index contributed by atoms with van der Waals surface area (Å²) in [6, 6.07) is 0. The number of likely N-dealkylation sites (tertiary alicyclic amines) is 1. The van der Waals surface area contributed by atoms with E-state index in [1.165, 1.54) is 0 Å². The highest BCUT2D eigenvalue weighted by Gasteiger charge is 2.71. The van der Waals surface area contributed by atoms with Gasteiger partial charge in [0.25, 0.3) is 0 Å². The van der Waals surface area contributed by atoms with Crippen LogP contribution >= 0.6 is 9.39 Å². The van der Waals surface area contributed by atoms with E-state index in [-0.39, 0.29) is 0 Å². The van der Waals surface area contributed by atoms with Crippen LogP contribution in [0.5, 0.6) is 0 Å². The summed E-state index contributed by atoms with van der Waals surface area (Å²) in [6.07, 6.45) is 0. The predicted molar refractivity (Wildman–Crippen MR) is 64.1 cm³/mol. The fourth-order valence-electron chi connectivity index (χ4n) is 3.88. The lowest BCUT2D eigenvalue weighted by atomic mass is 9.93. The average molecular weight is 214 g/mol. The molecule has 2 nitrogen and oxygen atoms in total. The van der Waals surface area contributed by atoms with Crippen LogP contribution in [0.2, 0.25) is 0 Å². The van der Waals surface area contributed by atoms with Gasteiger partial charge in [-0.05, 0) is 52.5 Å². The zero-order valence-corrected chi connectivity index (χ0v) is 11.1. The normalized spacial score (nSPS) is 43.7. The minimum atomic E-state index is 0.375. The molecule has 2 aliphatic rings. The fourth-order valence-corrected chi connectivity index (χ4v) is 4.15. The highest BCUT2D eigenvalue weighted by atomic mass is 31.0. The second-order valence-electron chi connectivity index (χ2n) is 5.99. The predicted octanol–water partition coefficient (Wildman–Crippen LogP) is 1.73. The monoisotopic (exact) mass is 214 g/mol. The summed E-state index contributed by atoms with van der Waals surface area (Å²) in [5.41, 5.74) is 0.751. The molecule has 14 heavy (non-hydrogen) atoms. The van der Waals surface area contributed by atoms with Crippen molar-refractivity contribution in [1.29, 1.82) is 0 Å². The van der Waals surface area contributed by atoms with Crippen LogP contribution < -0.4 is 5.09 Å². The van der Waals surface area contributed by atoms with E-state index >= 15 is 0 Å². The Labute approximate surface area is 90.1 Å². The molecule has 1 aliphatic carbocycles. The van der Waals surface area contributed by atoms with Gasteiger partial charge in [-0.25, -0.2) is 0 Å². The van der Waals surface area contributed by atoms with Crippen LogP contribution in [0.15, 0.2) is 0 Å². The first-order valence-corrected chi connectivity index (χ1v) is 6.10. The van der Waals surface area contributed by atoms with Crippen LogP contribution in [0.4, 0.5) is 0 Å². The minimum Gasteiger partial charge on any atom is -0.300 e. The first-order valence-electron chi connectivity index (χ1n) is 5.52. The quantitative estimate of drug-likeness (QED) is 0.704. The molecule has 0 amide bonds. The molecule has 1 saturated heterocycles. The molecule has 0 spiro atoms. The molecule has 0 bridgehead atoms. The second-order valence-corrected chi connectivity index (χ2v) is 6.40. The van der Waals surface area contributed by atoms with Gasteiger partial charge in [-0.1, -0.05) is 9.39 Å². The molecule has 1 heterocycles. The fraction of sp³-hybridized carbons (Fsp3) is 1.00. The lowest BCUT2D eigenvalue weighted by Gasteiger charge is -2.42. The molecule has 3 heteroatoms. The summed E-state index contributed by atoms with van der Waals surface area (Å²) < 4.78 is 0.